The normalized spacial score (nSPS) is 17.6. The van der Waals surface area contributed by atoms with E-state index in [0.29, 0.717) is 6.54 Å². The van der Waals surface area contributed by atoms with Crippen molar-refractivity contribution in [3.05, 3.63) is 57.8 Å². The maximum atomic E-state index is 12.7. The van der Waals surface area contributed by atoms with Gasteiger partial charge >= 0.3 is 0 Å². The Balaban J connectivity index is 1.65. The average Bonchev–Trinajstić information content (AvgIpc) is 3.17. The van der Waals surface area contributed by atoms with Crippen molar-refractivity contribution in [1.29, 1.82) is 0 Å². The van der Waals surface area contributed by atoms with Crippen LogP contribution in [0.4, 0.5) is 0 Å². The smallest absolute Gasteiger partial charge is 0.251 e. The maximum absolute atomic E-state index is 12.7. The number of benzene rings is 1. The molecule has 3 rings (SSSR count). The van der Waals surface area contributed by atoms with Crippen LogP contribution in [0.2, 0.25) is 0 Å². The molecule has 0 spiro atoms. The fourth-order valence-corrected chi connectivity index (χ4v) is 4.18. The Kier molecular flexibility index (Phi) is 6.35. The van der Waals surface area contributed by atoms with Gasteiger partial charge in [0.25, 0.3) is 5.91 Å². The van der Waals surface area contributed by atoms with Gasteiger partial charge < -0.3 is 10.2 Å². The summed E-state index contributed by atoms with van der Waals surface area (Å²) in [6.07, 6.45) is 0. The third-order valence-electron chi connectivity index (χ3n) is 5.38. The summed E-state index contributed by atoms with van der Waals surface area (Å²) in [4.78, 5) is 17.5. The summed E-state index contributed by atoms with van der Waals surface area (Å²) in [5.41, 5.74) is 3.37. The first-order chi connectivity index (χ1) is 12.8. The van der Waals surface area contributed by atoms with E-state index in [0.717, 1.165) is 31.7 Å². The number of amides is 1. The van der Waals surface area contributed by atoms with Crippen molar-refractivity contribution in [1.82, 2.24) is 15.1 Å². The third-order valence-corrected chi connectivity index (χ3v) is 6.08. The molecule has 0 bridgehead atoms. The summed E-state index contributed by atoms with van der Waals surface area (Å²) in [7, 11) is 2.17. The second kappa shape index (κ2) is 8.55. The molecular weight excluding hydrogens is 354 g/mol. The molecule has 0 radical (unpaired) electrons. The molecule has 0 saturated carbocycles. The Bertz CT molecular complexity index is 726. The lowest BCUT2D eigenvalue weighted by Gasteiger charge is -2.38. The monoisotopic (exact) mass is 385 g/mol. The standard InChI is InChI=1S/C22H31N3OS/c1-22(2,3)19-7-5-17(6-8-19)21(26)23-15-20(18-9-14-27-16-18)25-12-10-24(4)11-13-25/h5-9,14,16,20H,10-13,15H2,1-4H3,(H,23,26). The SMILES string of the molecule is CN1CCN(C(CNC(=O)c2ccc(C(C)(C)C)cc2)c2ccsc2)CC1. The van der Waals surface area contributed by atoms with Crippen LogP contribution in [0.5, 0.6) is 0 Å². The zero-order chi connectivity index (χ0) is 19.4. The number of carbonyl (C=O) groups is 1. The van der Waals surface area contributed by atoms with E-state index < -0.39 is 0 Å². The lowest BCUT2D eigenvalue weighted by atomic mass is 9.87. The van der Waals surface area contributed by atoms with Crippen LogP contribution in [0.1, 0.15) is 48.3 Å². The molecule has 0 aliphatic carbocycles. The van der Waals surface area contributed by atoms with E-state index in [1.807, 2.05) is 12.1 Å². The van der Waals surface area contributed by atoms with Gasteiger partial charge in [-0.05, 0) is 52.5 Å². The molecule has 1 saturated heterocycles. The Morgan fingerprint density at radius 1 is 1.11 bits per heavy atom. The van der Waals surface area contributed by atoms with Crippen molar-refractivity contribution in [3.8, 4) is 0 Å². The summed E-state index contributed by atoms with van der Waals surface area (Å²) >= 11 is 1.72. The fraction of sp³-hybridized carbons (Fsp3) is 0.500. The molecule has 1 fully saturated rings. The number of hydrogen-bond acceptors (Lipinski definition) is 4. The highest BCUT2D eigenvalue weighted by Gasteiger charge is 2.25. The predicted octanol–water partition coefficient (Wildman–Crippen LogP) is 3.76. The quantitative estimate of drug-likeness (QED) is 0.851. The molecule has 1 aliphatic heterocycles. The zero-order valence-electron chi connectivity index (χ0n) is 16.9. The molecule has 1 aromatic carbocycles. The van der Waals surface area contributed by atoms with Crippen LogP contribution < -0.4 is 5.32 Å². The van der Waals surface area contributed by atoms with Gasteiger partial charge in [0.2, 0.25) is 0 Å². The molecular formula is C22H31N3OS. The van der Waals surface area contributed by atoms with Crippen molar-refractivity contribution in [2.45, 2.75) is 32.2 Å². The van der Waals surface area contributed by atoms with Crippen LogP contribution in [0, 0.1) is 0 Å². The van der Waals surface area contributed by atoms with Crippen LogP contribution in [-0.4, -0.2) is 55.5 Å². The molecule has 1 atom stereocenters. The molecule has 146 valence electrons. The Morgan fingerprint density at radius 3 is 2.33 bits per heavy atom. The largest absolute Gasteiger partial charge is 0.350 e. The lowest BCUT2D eigenvalue weighted by Crippen LogP contribution is -2.48. The van der Waals surface area contributed by atoms with Crippen molar-refractivity contribution in [3.63, 3.8) is 0 Å². The summed E-state index contributed by atoms with van der Waals surface area (Å²) < 4.78 is 0. The molecule has 1 unspecified atom stereocenters. The van der Waals surface area contributed by atoms with E-state index in [-0.39, 0.29) is 17.4 Å². The van der Waals surface area contributed by atoms with Crippen LogP contribution in [0.15, 0.2) is 41.1 Å². The number of piperazine rings is 1. The van der Waals surface area contributed by atoms with Crippen LogP contribution in [0.25, 0.3) is 0 Å². The van der Waals surface area contributed by atoms with E-state index in [9.17, 15) is 4.79 Å². The van der Waals surface area contributed by atoms with Gasteiger partial charge in [0, 0.05) is 38.3 Å². The maximum Gasteiger partial charge on any atom is 0.251 e. The first kappa shape index (κ1) is 20.1. The Morgan fingerprint density at radius 2 is 1.78 bits per heavy atom. The van der Waals surface area contributed by atoms with E-state index in [1.165, 1.54) is 11.1 Å². The van der Waals surface area contributed by atoms with Crippen LogP contribution >= 0.6 is 11.3 Å². The van der Waals surface area contributed by atoms with E-state index in [2.05, 4.69) is 71.9 Å². The minimum atomic E-state index is 0.00446. The number of hydrogen-bond donors (Lipinski definition) is 1. The van der Waals surface area contributed by atoms with Crippen LogP contribution in [0.3, 0.4) is 0 Å². The number of carbonyl (C=O) groups excluding carboxylic acids is 1. The number of nitrogens with zero attached hydrogens (tertiary/aromatic N) is 2. The van der Waals surface area contributed by atoms with Crippen molar-refractivity contribution < 1.29 is 4.79 Å². The number of likely N-dealkylation sites (N-methyl/N-ethyl adjacent to an activating group) is 1. The van der Waals surface area contributed by atoms with Gasteiger partial charge in [0.05, 0.1) is 6.04 Å². The van der Waals surface area contributed by atoms with Crippen molar-refractivity contribution >= 4 is 17.2 Å². The number of nitrogens with one attached hydrogen (secondary N) is 1. The molecule has 5 heteroatoms. The molecule has 1 N–H and O–H groups in total. The molecule has 2 aromatic rings. The summed E-state index contributed by atoms with van der Waals surface area (Å²) in [6, 6.07) is 10.4. The molecule has 1 aromatic heterocycles. The highest BCUT2D eigenvalue weighted by Crippen LogP contribution is 2.24. The minimum absolute atomic E-state index is 0.00446. The van der Waals surface area contributed by atoms with E-state index >= 15 is 0 Å². The fourth-order valence-electron chi connectivity index (χ4n) is 3.47. The van der Waals surface area contributed by atoms with Gasteiger partial charge in [-0.3, -0.25) is 9.69 Å². The van der Waals surface area contributed by atoms with Gasteiger partial charge in [0.1, 0.15) is 0 Å². The second-order valence-electron chi connectivity index (χ2n) is 8.45. The molecule has 1 amide bonds. The highest BCUT2D eigenvalue weighted by atomic mass is 32.1. The van der Waals surface area contributed by atoms with Gasteiger partial charge in [-0.2, -0.15) is 11.3 Å². The van der Waals surface area contributed by atoms with Gasteiger partial charge in [-0.1, -0.05) is 32.9 Å². The molecule has 27 heavy (non-hydrogen) atoms. The first-order valence-electron chi connectivity index (χ1n) is 9.68. The predicted molar refractivity (Wildman–Crippen MR) is 114 cm³/mol. The van der Waals surface area contributed by atoms with Crippen molar-refractivity contribution in [2.75, 3.05) is 39.8 Å². The van der Waals surface area contributed by atoms with E-state index in [1.54, 1.807) is 11.3 Å². The number of rotatable bonds is 5. The average molecular weight is 386 g/mol. The van der Waals surface area contributed by atoms with Crippen LogP contribution in [-0.2, 0) is 5.41 Å². The molecule has 1 aliphatic rings. The van der Waals surface area contributed by atoms with E-state index in [4.69, 9.17) is 0 Å². The summed E-state index contributed by atoms with van der Waals surface area (Å²) in [5, 5.41) is 7.48. The Hall–Kier alpha value is -1.69. The first-order valence-corrected chi connectivity index (χ1v) is 10.6. The van der Waals surface area contributed by atoms with Gasteiger partial charge in [-0.15, -0.1) is 0 Å². The second-order valence-corrected chi connectivity index (χ2v) is 9.23. The van der Waals surface area contributed by atoms with Gasteiger partial charge in [0.15, 0.2) is 0 Å². The van der Waals surface area contributed by atoms with Gasteiger partial charge in [-0.25, -0.2) is 0 Å². The lowest BCUT2D eigenvalue weighted by molar-refractivity contribution is 0.0886. The summed E-state index contributed by atoms with van der Waals surface area (Å²) in [5.74, 6) is 0.00446. The topological polar surface area (TPSA) is 35.6 Å². The minimum Gasteiger partial charge on any atom is -0.350 e. The highest BCUT2D eigenvalue weighted by molar-refractivity contribution is 7.07. The third kappa shape index (κ3) is 5.18. The number of thiophene rings is 1. The zero-order valence-corrected chi connectivity index (χ0v) is 17.7. The molecule has 2 heterocycles. The molecule has 4 nitrogen and oxygen atoms in total. The van der Waals surface area contributed by atoms with Crippen molar-refractivity contribution in [2.24, 2.45) is 0 Å². The Labute approximate surface area is 167 Å². The summed E-state index contributed by atoms with van der Waals surface area (Å²) in [6.45, 7) is 11.4.